The Morgan fingerprint density at radius 1 is 1.18 bits per heavy atom. The molecule has 2 nitrogen and oxygen atoms in total. The second kappa shape index (κ2) is 5.37. The minimum Gasteiger partial charge on any atom is -0.361 e. The van der Waals surface area contributed by atoms with Crippen LogP contribution in [0.2, 0.25) is 0 Å². The van der Waals surface area contributed by atoms with Crippen LogP contribution >= 0.6 is 0 Å². The number of benzene rings is 1. The van der Waals surface area contributed by atoms with E-state index >= 15 is 0 Å². The van der Waals surface area contributed by atoms with Crippen LogP contribution in [0.3, 0.4) is 0 Å². The van der Waals surface area contributed by atoms with Crippen LogP contribution in [-0.2, 0) is 6.42 Å². The average molecular weight is 230 g/mol. The number of aromatic amines is 1. The molecule has 0 spiro atoms. The van der Waals surface area contributed by atoms with E-state index in [1.54, 1.807) is 0 Å². The second-order valence-corrected chi connectivity index (χ2v) is 5.12. The van der Waals surface area contributed by atoms with Crippen molar-refractivity contribution in [2.24, 2.45) is 0 Å². The standard InChI is InChI=1S/C15H22N2/c1-11(2)17-12(3)8-9-13-10-16-15-7-5-4-6-14(13)15/h4-7,10-12,16-17H,8-9H2,1-3H3/t12-/m1/s1. The molecule has 2 N–H and O–H groups in total. The first-order valence-corrected chi connectivity index (χ1v) is 6.48. The van der Waals surface area contributed by atoms with E-state index in [0.717, 1.165) is 6.42 Å². The molecule has 2 rings (SSSR count). The monoisotopic (exact) mass is 230 g/mol. The first-order chi connectivity index (χ1) is 8.16. The van der Waals surface area contributed by atoms with E-state index in [1.165, 1.54) is 22.9 Å². The van der Waals surface area contributed by atoms with Crippen LogP contribution in [0.4, 0.5) is 0 Å². The van der Waals surface area contributed by atoms with Crippen LogP contribution in [0.5, 0.6) is 0 Å². The summed E-state index contributed by atoms with van der Waals surface area (Å²) >= 11 is 0. The molecular weight excluding hydrogens is 208 g/mol. The van der Waals surface area contributed by atoms with Crippen molar-refractivity contribution >= 4 is 10.9 Å². The lowest BCUT2D eigenvalue weighted by Crippen LogP contribution is -2.32. The molecule has 0 saturated heterocycles. The zero-order chi connectivity index (χ0) is 12.3. The number of para-hydroxylation sites is 1. The lowest BCUT2D eigenvalue weighted by molar-refractivity contribution is 0.466. The van der Waals surface area contributed by atoms with Gasteiger partial charge in [0.05, 0.1) is 0 Å². The Bertz CT molecular complexity index is 470. The van der Waals surface area contributed by atoms with Gasteiger partial charge in [0.25, 0.3) is 0 Å². The number of aromatic nitrogens is 1. The first kappa shape index (κ1) is 12.2. The van der Waals surface area contributed by atoms with Gasteiger partial charge in [-0.2, -0.15) is 0 Å². The summed E-state index contributed by atoms with van der Waals surface area (Å²) in [6.07, 6.45) is 4.46. The maximum atomic E-state index is 3.54. The number of fused-ring (bicyclic) bond motifs is 1. The summed E-state index contributed by atoms with van der Waals surface area (Å²) in [5.41, 5.74) is 2.67. The zero-order valence-electron chi connectivity index (χ0n) is 11.0. The van der Waals surface area contributed by atoms with E-state index in [2.05, 4.69) is 61.5 Å². The highest BCUT2D eigenvalue weighted by atomic mass is 14.9. The Morgan fingerprint density at radius 3 is 2.71 bits per heavy atom. The van der Waals surface area contributed by atoms with Crippen molar-refractivity contribution in [3.63, 3.8) is 0 Å². The maximum absolute atomic E-state index is 3.54. The van der Waals surface area contributed by atoms with Crippen molar-refractivity contribution in [2.45, 2.75) is 45.7 Å². The van der Waals surface area contributed by atoms with Crippen LogP contribution in [0.15, 0.2) is 30.5 Å². The van der Waals surface area contributed by atoms with Gasteiger partial charge >= 0.3 is 0 Å². The molecule has 0 bridgehead atoms. The zero-order valence-corrected chi connectivity index (χ0v) is 11.0. The highest BCUT2D eigenvalue weighted by molar-refractivity contribution is 5.82. The number of nitrogens with one attached hydrogen (secondary N) is 2. The predicted molar refractivity (Wildman–Crippen MR) is 74.4 cm³/mol. The summed E-state index contributed by atoms with van der Waals surface area (Å²) in [6, 6.07) is 9.65. The molecule has 0 aliphatic heterocycles. The van der Waals surface area contributed by atoms with Gasteiger partial charge in [-0.25, -0.2) is 0 Å². The number of H-pyrrole nitrogens is 1. The van der Waals surface area contributed by atoms with Crippen LogP contribution in [0, 0.1) is 0 Å². The number of hydrogen-bond donors (Lipinski definition) is 2. The Kier molecular flexibility index (Phi) is 3.85. The molecule has 1 heterocycles. The van der Waals surface area contributed by atoms with Gasteiger partial charge in [0.1, 0.15) is 0 Å². The Hall–Kier alpha value is -1.28. The van der Waals surface area contributed by atoms with Gasteiger partial charge in [-0.3, -0.25) is 0 Å². The van der Waals surface area contributed by atoms with E-state index in [4.69, 9.17) is 0 Å². The molecule has 0 radical (unpaired) electrons. The van der Waals surface area contributed by atoms with Gasteiger partial charge < -0.3 is 10.3 Å². The molecule has 1 aromatic carbocycles. The van der Waals surface area contributed by atoms with Crippen LogP contribution in [0.25, 0.3) is 10.9 Å². The molecule has 0 amide bonds. The fraction of sp³-hybridized carbons (Fsp3) is 0.467. The molecule has 1 aromatic heterocycles. The Labute approximate surface area is 103 Å². The summed E-state index contributed by atoms with van der Waals surface area (Å²) in [5.74, 6) is 0. The van der Waals surface area contributed by atoms with E-state index in [9.17, 15) is 0 Å². The molecule has 0 fully saturated rings. The molecular formula is C15H22N2. The number of hydrogen-bond acceptors (Lipinski definition) is 1. The van der Waals surface area contributed by atoms with Gasteiger partial charge in [-0.05, 0) is 31.4 Å². The summed E-state index contributed by atoms with van der Waals surface area (Å²) in [4.78, 5) is 3.33. The molecule has 0 aliphatic carbocycles. The Morgan fingerprint density at radius 2 is 1.94 bits per heavy atom. The van der Waals surface area contributed by atoms with Crippen molar-refractivity contribution < 1.29 is 0 Å². The fourth-order valence-corrected chi connectivity index (χ4v) is 2.36. The van der Waals surface area contributed by atoms with E-state index < -0.39 is 0 Å². The first-order valence-electron chi connectivity index (χ1n) is 6.48. The van der Waals surface area contributed by atoms with Crippen molar-refractivity contribution in [1.82, 2.24) is 10.3 Å². The molecule has 2 aromatic rings. The predicted octanol–water partition coefficient (Wildman–Crippen LogP) is 3.49. The third kappa shape index (κ3) is 3.10. The van der Waals surface area contributed by atoms with Gasteiger partial charge in [0.15, 0.2) is 0 Å². The molecule has 1 atom stereocenters. The van der Waals surface area contributed by atoms with Gasteiger partial charge in [0.2, 0.25) is 0 Å². The number of rotatable bonds is 5. The molecule has 17 heavy (non-hydrogen) atoms. The molecule has 2 heteroatoms. The van der Waals surface area contributed by atoms with Crippen molar-refractivity contribution in [2.75, 3.05) is 0 Å². The van der Waals surface area contributed by atoms with Crippen LogP contribution < -0.4 is 5.32 Å². The van der Waals surface area contributed by atoms with Crippen molar-refractivity contribution in [1.29, 1.82) is 0 Å². The van der Waals surface area contributed by atoms with Crippen LogP contribution in [0.1, 0.15) is 32.8 Å². The average Bonchev–Trinajstić information content (AvgIpc) is 2.69. The Balaban J connectivity index is 1.99. The van der Waals surface area contributed by atoms with Crippen molar-refractivity contribution in [3.05, 3.63) is 36.0 Å². The van der Waals surface area contributed by atoms with Gasteiger partial charge in [-0.15, -0.1) is 0 Å². The fourth-order valence-electron chi connectivity index (χ4n) is 2.36. The minimum absolute atomic E-state index is 0.563. The quantitative estimate of drug-likeness (QED) is 0.808. The summed E-state index contributed by atoms with van der Waals surface area (Å²) in [6.45, 7) is 6.65. The molecule has 0 unspecified atom stereocenters. The highest BCUT2D eigenvalue weighted by Gasteiger charge is 2.07. The lowest BCUT2D eigenvalue weighted by Gasteiger charge is -2.16. The minimum atomic E-state index is 0.563. The second-order valence-electron chi connectivity index (χ2n) is 5.12. The van der Waals surface area contributed by atoms with Crippen molar-refractivity contribution in [3.8, 4) is 0 Å². The summed E-state index contributed by atoms with van der Waals surface area (Å²) < 4.78 is 0. The van der Waals surface area contributed by atoms with E-state index in [1.807, 2.05) is 0 Å². The smallest absolute Gasteiger partial charge is 0.0456 e. The third-order valence-corrected chi connectivity index (χ3v) is 3.14. The SMILES string of the molecule is CC(C)N[C@H](C)CCc1c[nH]c2ccccc12. The maximum Gasteiger partial charge on any atom is 0.0456 e. The highest BCUT2D eigenvalue weighted by Crippen LogP contribution is 2.19. The number of aryl methyl sites for hydroxylation is 1. The topological polar surface area (TPSA) is 27.8 Å². The van der Waals surface area contributed by atoms with E-state index in [0.29, 0.717) is 12.1 Å². The van der Waals surface area contributed by atoms with Crippen LogP contribution in [-0.4, -0.2) is 17.1 Å². The summed E-state index contributed by atoms with van der Waals surface area (Å²) in [5, 5.41) is 4.91. The molecule has 0 aliphatic rings. The molecule has 0 saturated carbocycles. The lowest BCUT2D eigenvalue weighted by atomic mass is 10.0. The largest absolute Gasteiger partial charge is 0.361 e. The normalized spacial score (nSPS) is 13.4. The van der Waals surface area contributed by atoms with E-state index in [-0.39, 0.29) is 0 Å². The van der Waals surface area contributed by atoms with Gasteiger partial charge in [-0.1, -0.05) is 32.0 Å². The molecule has 92 valence electrons. The van der Waals surface area contributed by atoms with Gasteiger partial charge in [0, 0.05) is 29.2 Å². The summed E-state index contributed by atoms with van der Waals surface area (Å²) in [7, 11) is 0. The third-order valence-electron chi connectivity index (χ3n) is 3.14.